The largest absolute Gasteiger partial charge is 0.497 e. The van der Waals surface area contributed by atoms with Crippen LogP contribution in [0.25, 0.3) is 0 Å². The summed E-state index contributed by atoms with van der Waals surface area (Å²) in [5.41, 5.74) is 1.72. The van der Waals surface area contributed by atoms with Crippen molar-refractivity contribution in [3.63, 3.8) is 0 Å². The summed E-state index contributed by atoms with van der Waals surface area (Å²) >= 11 is 1.54. The molecule has 22 heavy (non-hydrogen) atoms. The molecule has 114 valence electrons. The molecule has 1 aromatic carbocycles. The van der Waals surface area contributed by atoms with Gasteiger partial charge in [0.05, 0.1) is 7.11 Å². The first-order valence-electron chi connectivity index (χ1n) is 6.78. The molecule has 1 aromatic heterocycles. The SMILES string of the molecule is COc1ccc(N2C(=O)[C@H](OC(C)=O)[C@@H]2c2ccsc2)cc1. The molecule has 0 unspecified atom stereocenters. The molecule has 6 heteroatoms. The Kier molecular flexibility index (Phi) is 3.85. The number of anilines is 1. The number of carbonyl (C=O) groups excluding carboxylic acids is 2. The molecule has 0 radical (unpaired) electrons. The van der Waals surface area contributed by atoms with Crippen LogP contribution in [0.1, 0.15) is 18.5 Å². The van der Waals surface area contributed by atoms with E-state index in [1.54, 1.807) is 35.5 Å². The second-order valence-electron chi connectivity index (χ2n) is 4.94. The molecule has 0 N–H and O–H groups in total. The fourth-order valence-electron chi connectivity index (χ4n) is 2.55. The minimum absolute atomic E-state index is 0.212. The molecule has 1 saturated heterocycles. The molecular formula is C16H15NO4S. The van der Waals surface area contributed by atoms with Gasteiger partial charge in [-0.2, -0.15) is 11.3 Å². The van der Waals surface area contributed by atoms with Crippen molar-refractivity contribution in [1.82, 2.24) is 0 Å². The van der Waals surface area contributed by atoms with E-state index in [-0.39, 0.29) is 11.9 Å². The van der Waals surface area contributed by atoms with Crippen molar-refractivity contribution < 1.29 is 19.1 Å². The monoisotopic (exact) mass is 317 g/mol. The minimum atomic E-state index is -0.755. The number of nitrogens with zero attached hydrogens (tertiary/aromatic N) is 1. The molecule has 0 bridgehead atoms. The van der Waals surface area contributed by atoms with Gasteiger partial charge in [-0.1, -0.05) is 0 Å². The number of hydrogen-bond acceptors (Lipinski definition) is 5. The Morgan fingerprint density at radius 3 is 2.50 bits per heavy atom. The van der Waals surface area contributed by atoms with Gasteiger partial charge in [0, 0.05) is 12.6 Å². The average Bonchev–Trinajstić information content (AvgIpc) is 3.03. The van der Waals surface area contributed by atoms with Crippen LogP contribution in [0.15, 0.2) is 41.1 Å². The molecule has 1 aliphatic heterocycles. The van der Waals surface area contributed by atoms with Crippen molar-refractivity contribution in [2.75, 3.05) is 12.0 Å². The van der Waals surface area contributed by atoms with E-state index in [9.17, 15) is 9.59 Å². The maximum absolute atomic E-state index is 12.4. The van der Waals surface area contributed by atoms with Gasteiger partial charge >= 0.3 is 5.97 Å². The van der Waals surface area contributed by atoms with Crippen molar-refractivity contribution in [2.45, 2.75) is 19.1 Å². The Morgan fingerprint density at radius 1 is 1.23 bits per heavy atom. The number of rotatable bonds is 4. The van der Waals surface area contributed by atoms with Crippen LogP contribution in [-0.2, 0) is 14.3 Å². The van der Waals surface area contributed by atoms with E-state index >= 15 is 0 Å². The van der Waals surface area contributed by atoms with Gasteiger partial charge in [0.25, 0.3) is 5.91 Å². The number of thiophene rings is 1. The van der Waals surface area contributed by atoms with E-state index < -0.39 is 12.1 Å². The number of carbonyl (C=O) groups is 2. The third-order valence-electron chi connectivity index (χ3n) is 3.57. The number of benzene rings is 1. The minimum Gasteiger partial charge on any atom is -0.497 e. The smallest absolute Gasteiger partial charge is 0.303 e. The van der Waals surface area contributed by atoms with Crippen LogP contribution in [0.2, 0.25) is 0 Å². The zero-order chi connectivity index (χ0) is 15.7. The van der Waals surface area contributed by atoms with Gasteiger partial charge in [0.1, 0.15) is 11.8 Å². The summed E-state index contributed by atoms with van der Waals surface area (Å²) in [7, 11) is 1.59. The summed E-state index contributed by atoms with van der Waals surface area (Å²) < 4.78 is 10.3. The van der Waals surface area contributed by atoms with Crippen LogP contribution in [-0.4, -0.2) is 25.1 Å². The lowest BCUT2D eigenvalue weighted by molar-refractivity contribution is -0.160. The van der Waals surface area contributed by atoms with Gasteiger partial charge in [0.2, 0.25) is 6.10 Å². The van der Waals surface area contributed by atoms with Gasteiger partial charge in [0.15, 0.2) is 0 Å². The van der Waals surface area contributed by atoms with Crippen LogP contribution in [0.5, 0.6) is 5.75 Å². The van der Waals surface area contributed by atoms with Crippen LogP contribution in [0.4, 0.5) is 5.69 Å². The Hall–Kier alpha value is -2.34. The van der Waals surface area contributed by atoms with Crippen molar-refractivity contribution >= 4 is 28.9 Å². The Bertz CT molecular complexity index is 681. The summed E-state index contributed by atoms with van der Waals surface area (Å²) in [6, 6.07) is 8.89. The first-order valence-corrected chi connectivity index (χ1v) is 7.72. The fourth-order valence-corrected chi connectivity index (χ4v) is 3.24. The maximum atomic E-state index is 12.4. The van der Waals surface area contributed by atoms with E-state index in [0.29, 0.717) is 0 Å². The first kappa shape index (κ1) is 14.6. The van der Waals surface area contributed by atoms with Crippen LogP contribution < -0.4 is 9.64 Å². The van der Waals surface area contributed by atoms with E-state index in [1.165, 1.54) is 6.92 Å². The Morgan fingerprint density at radius 2 is 1.95 bits per heavy atom. The fraction of sp³-hybridized carbons (Fsp3) is 0.250. The highest BCUT2D eigenvalue weighted by Gasteiger charge is 2.51. The van der Waals surface area contributed by atoms with E-state index in [4.69, 9.17) is 9.47 Å². The van der Waals surface area contributed by atoms with Crippen LogP contribution >= 0.6 is 11.3 Å². The third-order valence-corrected chi connectivity index (χ3v) is 4.28. The van der Waals surface area contributed by atoms with Crippen LogP contribution in [0, 0.1) is 0 Å². The summed E-state index contributed by atoms with van der Waals surface area (Å²) in [4.78, 5) is 25.3. The summed E-state index contributed by atoms with van der Waals surface area (Å²) in [6.07, 6.45) is -0.755. The maximum Gasteiger partial charge on any atom is 0.303 e. The van der Waals surface area contributed by atoms with Crippen molar-refractivity contribution in [3.05, 3.63) is 46.7 Å². The van der Waals surface area contributed by atoms with Gasteiger partial charge in [-0.05, 0) is 46.7 Å². The zero-order valence-corrected chi connectivity index (χ0v) is 13.0. The number of β-lactam (4-membered cyclic amide) rings is 1. The summed E-state index contributed by atoms with van der Waals surface area (Å²) in [5, 5.41) is 3.90. The van der Waals surface area contributed by atoms with Crippen molar-refractivity contribution in [1.29, 1.82) is 0 Å². The molecule has 0 spiro atoms. The lowest BCUT2D eigenvalue weighted by Gasteiger charge is -2.45. The molecule has 1 aliphatic rings. The predicted octanol–water partition coefficient (Wildman–Crippen LogP) is 2.78. The summed E-state index contributed by atoms with van der Waals surface area (Å²) in [6.45, 7) is 1.31. The number of methoxy groups -OCH3 is 1. The van der Waals surface area contributed by atoms with Gasteiger partial charge in [-0.3, -0.25) is 14.5 Å². The standard InChI is InChI=1S/C16H15NO4S/c1-10(18)21-15-14(11-7-8-22-9-11)17(16(15)19)12-3-5-13(20-2)6-4-12/h3-9,14-15H,1-2H3/t14-,15+/m0/s1. The zero-order valence-electron chi connectivity index (χ0n) is 12.2. The highest BCUT2D eigenvalue weighted by Crippen LogP contribution is 2.41. The quantitative estimate of drug-likeness (QED) is 0.643. The van der Waals surface area contributed by atoms with Crippen molar-refractivity contribution in [3.8, 4) is 5.75 Å². The molecular weight excluding hydrogens is 302 g/mol. The molecule has 1 amide bonds. The first-order chi connectivity index (χ1) is 10.6. The van der Waals surface area contributed by atoms with Crippen molar-refractivity contribution in [2.24, 2.45) is 0 Å². The number of ether oxygens (including phenoxy) is 2. The lowest BCUT2D eigenvalue weighted by Crippen LogP contribution is -2.60. The average molecular weight is 317 g/mol. The number of hydrogen-bond donors (Lipinski definition) is 0. The molecule has 0 aliphatic carbocycles. The van der Waals surface area contributed by atoms with Gasteiger partial charge in [-0.25, -0.2) is 0 Å². The normalized spacial score (nSPS) is 20.5. The molecule has 2 aromatic rings. The van der Waals surface area contributed by atoms with E-state index in [2.05, 4.69) is 0 Å². The molecule has 0 saturated carbocycles. The molecule has 2 atom stereocenters. The van der Waals surface area contributed by atoms with E-state index in [0.717, 1.165) is 17.0 Å². The molecule has 5 nitrogen and oxygen atoms in total. The predicted molar refractivity (Wildman–Crippen MR) is 83.1 cm³/mol. The van der Waals surface area contributed by atoms with E-state index in [1.807, 2.05) is 29.0 Å². The molecule has 3 rings (SSSR count). The lowest BCUT2D eigenvalue weighted by atomic mass is 9.91. The highest BCUT2D eigenvalue weighted by molar-refractivity contribution is 7.08. The molecule has 2 heterocycles. The van der Waals surface area contributed by atoms with Crippen LogP contribution in [0.3, 0.4) is 0 Å². The second-order valence-corrected chi connectivity index (χ2v) is 5.72. The highest BCUT2D eigenvalue weighted by atomic mass is 32.1. The second kappa shape index (κ2) is 5.81. The number of amides is 1. The number of esters is 1. The van der Waals surface area contributed by atoms with Gasteiger partial charge < -0.3 is 9.47 Å². The summed E-state index contributed by atoms with van der Waals surface area (Å²) in [5.74, 6) is 0.0601. The third kappa shape index (κ3) is 2.46. The molecule has 1 fully saturated rings. The topological polar surface area (TPSA) is 55.8 Å². The Labute approximate surface area is 132 Å². The Balaban J connectivity index is 1.91. The van der Waals surface area contributed by atoms with Gasteiger partial charge in [-0.15, -0.1) is 0 Å².